The number of nitrogens with zero attached hydrogens (tertiary/aromatic N) is 1. The highest BCUT2D eigenvalue weighted by atomic mass is 32.2. The second kappa shape index (κ2) is 7.03. The Morgan fingerprint density at radius 2 is 1.95 bits per heavy atom. The van der Waals surface area contributed by atoms with E-state index in [0.717, 1.165) is 13.0 Å². The standard InChI is InChI=1S/C15H26N2S3/c1-6-11-12(9-16-15(3,4)5)20-14(17-11)13-10(2)18-7-8-19-13/h10,13,16H,6-9H2,1-5H3. The molecule has 1 aliphatic rings. The quantitative estimate of drug-likeness (QED) is 0.878. The predicted octanol–water partition coefficient (Wildman–Crippen LogP) is 4.50. The van der Waals surface area contributed by atoms with Crippen molar-refractivity contribution >= 4 is 34.9 Å². The zero-order valence-electron chi connectivity index (χ0n) is 13.2. The van der Waals surface area contributed by atoms with Crippen LogP contribution in [0.4, 0.5) is 0 Å². The summed E-state index contributed by atoms with van der Waals surface area (Å²) in [5, 5.41) is 6.22. The SMILES string of the molecule is CCc1nc(C2SCCSC2C)sc1CNC(C)(C)C. The van der Waals surface area contributed by atoms with Crippen LogP contribution in [0.5, 0.6) is 0 Å². The summed E-state index contributed by atoms with van der Waals surface area (Å²) in [6.07, 6.45) is 1.04. The molecule has 1 N–H and O–H groups in total. The van der Waals surface area contributed by atoms with E-state index >= 15 is 0 Å². The van der Waals surface area contributed by atoms with Gasteiger partial charge in [0.25, 0.3) is 0 Å². The van der Waals surface area contributed by atoms with Gasteiger partial charge in [-0.25, -0.2) is 4.98 Å². The van der Waals surface area contributed by atoms with Gasteiger partial charge in [-0.2, -0.15) is 11.8 Å². The minimum Gasteiger partial charge on any atom is -0.307 e. The van der Waals surface area contributed by atoms with Crippen molar-refractivity contribution in [3.8, 4) is 0 Å². The van der Waals surface area contributed by atoms with Gasteiger partial charge in [-0.15, -0.1) is 23.1 Å². The summed E-state index contributed by atoms with van der Waals surface area (Å²) < 4.78 is 0. The number of hydrogen-bond donors (Lipinski definition) is 1. The van der Waals surface area contributed by atoms with Gasteiger partial charge in [-0.05, 0) is 27.2 Å². The number of thiazole rings is 1. The summed E-state index contributed by atoms with van der Waals surface area (Å²) in [5.74, 6) is 2.54. The molecule has 0 radical (unpaired) electrons. The topological polar surface area (TPSA) is 24.9 Å². The van der Waals surface area contributed by atoms with E-state index in [-0.39, 0.29) is 5.54 Å². The maximum absolute atomic E-state index is 4.95. The van der Waals surface area contributed by atoms with Crippen LogP contribution in [0.1, 0.15) is 55.4 Å². The van der Waals surface area contributed by atoms with Gasteiger partial charge in [0, 0.05) is 33.7 Å². The molecule has 2 heterocycles. The average Bonchev–Trinajstić information content (AvgIpc) is 2.79. The van der Waals surface area contributed by atoms with Crippen molar-refractivity contribution in [3.63, 3.8) is 0 Å². The van der Waals surface area contributed by atoms with Gasteiger partial charge in [0.1, 0.15) is 5.01 Å². The number of thioether (sulfide) groups is 2. The molecular formula is C15H26N2S3. The lowest BCUT2D eigenvalue weighted by Gasteiger charge is -2.26. The smallest absolute Gasteiger partial charge is 0.107 e. The minimum atomic E-state index is 0.165. The van der Waals surface area contributed by atoms with E-state index in [4.69, 9.17) is 4.98 Å². The van der Waals surface area contributed by atoms with Gasteiger partial charge < -0.3 is 5.32 Å². The first-order chi connectivity index (χ1) is 9.40. The summed E-state index contributed by atoms with van der Waals surface area (Å²) in [6.45, 7) is 12.2. The lowest BCUT2D eigenvalue weighted by Crippen LogP contribution is -2.35. The lowest BCUT2D eigenvalue weighted by atomic mass is 10.1. The third-order valence-corrected chi connectivity index (χ3v) is 7.77. The maximum atomic E-state index is 4.95. The summed E-state index contributed by atoms with van der Waals surface area (Å²) in [7, 11) is 0. The molecule has 0 aromatic carbocycles. The fourth-order valence-corrected chi connectivity index (χ4v) is 6.44. The Morgan fingerprint density at radius 1 is 1.25 bits per heavy atom. The fraction of sp³-hybridized carbons (Fsp3) is 0.800. The highest BCUT2D eigenvalue weighted by Gasteiger charge is 2.28. The Morgan fingerprint density at radius 3 is 2.55 bits per heavy atom. The second-order valence-corrected chi connectivity index (χ2v) is 10.1. The number of rotatable bonds is 4. The van der Waals surface area contributed by atoms with Gasteiger partial charge in [0.15, 0.2) is 0 Å². The summed E-state index contributed by atoms with van der Waals surface area (Å²) in [6, 6.07) is 0. The van der Waals surface area contributed by atoms with Crippen LogP contribution >= 0.6 is 34.9 Å². The third-order valence-electron chi connectivity index (χ3n) is 3.34. The molecule has 0 aliphatic carbocycles. The van der Waals surface area contributed by atoms with Crippen molar-refractivity contribution in [2.24, 2.45) is 0 Å². The number of aryl methyl sites for hydroxylation is 1. The van der Waals surface area contributed by atoms with Gasteiger partial charge >= 0.3 is 0 Å². The molecule has 2 nitrogen and oxygen atoms in total. The number of hydrogen-bond acceptors (Lipinski definition) is 5. The van der Waals surface area contributed by atoms with Gasteiger partial charge in [-0.1, -0.05) is 13.8 Å². The second-order valence-electron chi connectivity index (χ2n) is 6.25. The minimum absolute atomic E-state index is 0.165. The number of nitrogens with one attached hydrogen (secondary N) is 1. The molecule has 1 aliphatic heterocycles. The van der Waals surface area contributed by atoms with Crippen LogP contribution in [0.3, 0.4) is 0 Å². The first-order valence-electron chi connectivity index (χ1n) is 7.37. The van der Waals surface area contributed by atoms with Gasteiger partial charge in [0.05, 0.1) is 10.9 Å². The van der Waals surface area contributed by atoms with Gasteiger partial charge in [-0.3, -0.25) is 0 Å². The molecule has 20 heavy (non-hydrogen) atoms. The van der Waals surface area contributed by atoms with Crippen LogP contribution < -0.4 is 5.32 Å². The molecule has 1 fully saturated rings. The average molecular weight is 331 g/mol. The molecule has 0 amide bonds. The highest BCUT2D eigenvalue weighted by Crippen LogP contribution is 2.44. The number of aromatic nitrogens is 1. The van der Waals surface area contributed by atoms with Crippen LogP contribution in [-0.2, 0) is 13.0 Å². The Kier molecular flexibility index (Phi) is 5.86. The fourth-order valence-electron chi connectivity index (χ4n) is 2.19. The molecule has 0 saturated carbocycles. The summed E-state index contributed by atoms with van der Waals surface area (Å²) in [5.41, 5.74) is 1.46. The van der Waals surface area contributed by atoms with E-state index in [9.17, 15) is 0 Å². The Hall–Kier alpha value is 0.290. The Balaban J connectivity index is 2.13. The molecule has 2 rings (SSSR count). The van der Waals surface area contributed by atoms with Crippen LogP contribution in [0.15, 0.2) is 0 Å². The van der Waals surface area contributed by atoms with E-state index in [2.05, 4.69) is 63.5 Å². The molecule has 5 heteroatoms. The van der Waals surface area contributed by atoms with E-state index in [1.54, 1.807) is 0 Å². The van der Waals surface area contributed by atoms with Crippen molar-refractivity contribution in [1.29, 1.82) is 0 Å². The first-order valence-corrected chi connectivity index (χ1v) is 10.3. The molecule has 0 spiro atoms. The van der Waals surface area contributed by atoms with Crippen LogP contribution in [0, 0.1) is 0 Å². The van der Waals surface area contributed by atoms with Crippen LogP contribution in [-0.4, -0.2) is 27.3 Å². The Labute approximate surface area is 135 Å². The normalized spacial score (nSPS) is 24.1. The molecule has 1 aromatic rings. The van der Waals surface area contributed by atoms with Crippen molar-refractivity contribution in [3.05, 3.63) is 15.6 Å². The van der Waals surface area contributed by atoms with E-state index in [0.29, 0.717) is 10.5 Å². The van der Waals surface area contributed by atoms with Crippen LogP contribution in [0.2, 0.25) is 0 Å². The first kappa shape index (κ1) is 16.7. The van der Waals surface area contributed by atoms with E-state index < -0.39 is 0 Å². The molecule has 114 valence electrons. The summed E-state index contributed by atoms with van der Waals surface area (Å²) >= 11 is 6.11. The van der Waals surface area contributed by atoms with Crippen molar-refractivity contribution in [2.75, 3.05) is 11.5 Å². The summed E-state index contributed by atoms with van der Waals surface area (Å²) in [4.78, 5) is 6.38. The molecule has 1 aromatic heterocycles. The molecular weight excluding hydrogens is 304 g/mol. The van der Waals surface area contributed by atoms with Crippen molar-refractivity contribution in [2.45, 2.75) is 63.6 Å². The molecule has 2 atom stereocenters. The molecule has 0 bridgehead atoms. The van der Waals surface area contributed by atoms with Crippen LogP contribution in [0.25, 0.3) is 0 Å². The molecule has 2 unspecified atom stereocenters. The highest BCUT2D eigenvalue weighted by molar-refractivity contribution is 8.06. The largest absolute Gasteiger partial charge is 0.307 e. The van der Waals surface area contributed by atoms with E-state index in [1.165, 1.54) is 27.1 Å². The molecule has 1 saturated heterocycles. The maximum Gasteiger partial charge on any atom is 0.107 e. The van der Waals surface area contributed by atoms with Gasteiger partial charge in [0.2, 0.25) is 0 Å². The predicted molar refractivity (Wildman–Crippen MR) is 95.2 cm³/mol. The van der Waals surface area contributed by atoms with Crippen molar-refractivity contribution in [1.82, 2.24) is 10.3 Å². The zero-order chi connectivity index (χ0) is 14.8. The Bertz CT molecular complexity index is 437. The zero-order valence-corrected chi connectivity index (χ0v) is 15.6. The third kappa shape index (κ3) is 4.39. The lowest BCUT2D eigenvalue weighted by molar-refractivity contribution is 0.425. The van der Waals surface area contributed by atoms with E-state index in [1.807, 2.05) is 11.3 Å². The monoisotopic (exact) mass is 330 g/mol. The van der Waals surface area contributed by atoms with Crippen molar-refractivity contribution < 1.29 is 0 Å².